The summed E-state index contributed by atoms with van der Waals surface area (Å²) in [6.45, 7) is 9.53. The monoisotopic (exact) mass is 200 g/mol. The van der Waals surface area contributed by atoms with Gasteiger partial charge in [-0.1, -0.05) is 13.3 Å². The highest BCUT2D eigenvalue weighted by atomic mass is 16.5. The van der Waals surface area contributed by atoms with E-state index in [2.05, 4.69) is 25.7 Å². The van der Waals surface area contributed by atoms with E-state index >= 15 is 0 Å². The minimum absolute atomic E-state index is 0.331. The van der Waals surface area contributed by atoms with Gasteiger partial charge in [0.05, 0.1) is 12.2 Å². The van der Waals surface area contributed by atoms with Crippen LogP contribution in [0.25, 0.3) is 0 Å². The van der Waals surface area contributed by atoms with E-state index in [4.69, 9.17) is 10.5 Å². The maximum atomic E-state index is 6.02. The Balaban J connectivity index is 2.29. The van der Waals surface area contributed by atoms with Crippen molar-refractivity contribution in [2.75, 3.05) is 19.6 Å². The fraction of sp³-hybridized carbons (Fsp3) is 1.00. The third-order valence-corrected chi connectivity index (χ3v) is 2.65. The van der Waals surface area contributed by atoms with Crippen molar-refractivity contribution in [3.8, 4) is 0 Å². The van der Waals surface area contributed by atoms with Crippen molar-refractivity contribution >= 4 is 0 Å². The highest BCUT2D eigenvalue weighted by Gasteiger charge is 2.22. The average molecular weight is 200 g/mol. The lowest BCUT2D eigenvalue weighted by Gasteiger charge is -2.36. The van der Waals surface area contributed by atoms with E-state index in [1.807, 2.05) is 0 Å². The molecule has 3 nitrogen and oxygen atoms in total. The molecule has 2 N–H and O–H groups in total. The van der Waals surface area contributed by atoms with Crippen LogP contribution >= 0.6 is 0 Å². The molecule has 0 radical (unpaired) electrons. The van der Waals surface area contributed by atoms with Crippen LogP contribution in [0.3, 0.4) is 0 Å². The summed E-state index contributed by atoms with van der Waals surface area (Å²) in [7, 11) is 0. The fourth-order valence-corrected chi connectivity index (χ4v) is 2.23. The average Bonchev–Trinajstić information content (AvgIpc) is 2.01. The van der Waals surface area contributed by atoms with Crippen molar-refractivity contribution in [2.24, 2.45) is 5.73 Å². The lowest BCUT2D eigenvalue weighted by molar-refractivity contribution is -0.0692. The molecule has 1 aliphatic rings. The summed E-state index contributed by atoms with van der Waals surface area (Å²) < 4.78 is 5.68. The molecule has 0 aromatic carbocycles. The predicted octanol–water partition coefficient (Wildman–Crippen LogP) is 1.22. The zero-order valence-electron chi connectivity index (χ0n) is 9.70. The highest BCUT2D eigenvalue weighted by molar-refractivity contribution is 4.76. The third kappa shape index (κ3) is 3.95. The first-order valence-corrected chi connectivity index (χ1v) is 5.75. The molecule has 1 fully saturated rings. The molecule has 1 rings (SSSR count). The summed E-state index contributed by atoms with van der Waals surface area (Å²) in [6, 6.07) is 0.331. The second kappa shape index (κ2) is 5.69. The molecule has 0 saturated carbocycles. The van der Waals surface area contributed by atoms with Gasteiger partial charge in [-0.25, -0.2) is 0 Å². The number of nitrogens with zero attached hydrogens (tertiary/aromatic N) is 1. The predicted molar refractivity (Wildman–Crippen MR) is 59.3 cm³/mol. The molecule has 0 amide bonds. The minimum Gasteiger partial charge on any atom is -0.373 e. The molecule has 0 bridgehead atoms. The van der Waals surface area contributed by atoms with Crippen LogP contribution in [0.1, 0.15) is 33.6 Å². The fourth-order valence-electron chi connectivity index (χ4n) is 2.23. The van der Waals surface area contributed by atoms with Crippen LogP contribution in [-0.2, 0) is 4.74 Å². The normalized spacial score (nSPS) is 31.7. The Morgan fingerprint density at radius 2 is 1.93 bits per heavy atom. The number of hydrogen-bond donors (Lipinski definition) is 1. The quantitative estimate of drug-likeness (QED) is 0.741. The van der Waals surface area contributed by atoms with Gasteiger partial charge in [-0.2, -0.15) is 0 Å². The van der Waals surface area contributed by atoms with E-state index in [0.29, 0.717) is 18.2 Å². The Morgan fingerprint density at radius 3 is 2.43 bits per heavy atom. The van der Waals surface area contributed by atoms with Crippen LogP contribution in [0.2, 0.25) is 0 Å². The van der Waals surface area contributed by atoms with Crippen LogP contribution in [0.15, 0.2) is 0 Å². The standard InChI is InChI=1S/C11H24N2O/c1-4-5-11(12)8-13-6-9(2)14-10(3)7-13/h9-11H,4-8,12H2,1-3H3/t9-,10+,11?. The van der Waals surface area contributed by atoms with Crippen molar-refractivity contribution in [1.82, 2.24) is 4.90 Å². The molecule has 0 spiro atoms. The van der Waals surface area contributed by atoms with Crippen LogP contribution in [-0.4, -0.2) is 42.8 Å². The lowest BCUT2D eigenvalue weighted by atomic mass is 10.1. The van der Waals surface area contributed by atoms with Gasteiger partial charge in [0.25, 0.3) is 0 Å². The summed E-state index contributed by atoms with van der Waals surface area (Å²) in [5, 5.41) is 0. The van der Waals surface area contributed by atoms with Gasteiger partial charge in [0.1, 0.15) is 0 Å². The van der Waals surface area contributed by atoms with Gasteiger partial charge in [0.2, 0.25) is 0 Å². The van der Waals surface area contributed by atoms with Gasteiger partial charge >= 0.3 is 0 Å². The second-order valence-electron chi connectivity index (χ2n) is 4.52. The first-order valence-electron chi connectivity index (χ1n) is 5.75. The summed E-state index contributed by atoms with van der Waals surface area (Å²) in [5.41, 5.74) is 6.02. The van der Waals surface area contributed by atoms with Crippen LogP contribution in [0.4, 0.5) is 0 Å². The smallest absolute Gasteiger partial charge is 0.0678 e. The molecule has 0 aromatic rings. The number of nitrogens with two attached hydrogens (primary N) is 1. The zero-order chi connectivity index (χ0) is 10.6. The van der Waals surface area contributed by atoms with Crippen molar-refractivity contribution < 1.29 is 4.74 Å². The first kappa shape index (κ1) is 12.0. The summed E-state index contributed by atoms with van der Waals surface area (Å²) >= 11 is 0. The molecule has 84 valence electrons. The SMILES string of the molecule is CCCC(N)CN1C[C@@H](C)O[C@@H](C)C1. The molecule has 0 aromatic heterocycles. The first-order chi connectivity index (χ1) is 6.61. The largest absolute Gasteiger partial charge is 0.373 e. The summed E-state index contributed by atoms with van der Waals surface area (Å²) in [4.78, 5) is 2.43. The van der Waals surface area contributed by atoms with Gasteiger partial charge < -0.3 is 10.5 Å². The number of hydrogen-bond acceptors (Lipinski definition) is 3. The number of morpholine rings is 1. The van der Waals surface area contributed by atoms with E-state index in [-0.39, 0.29) is 0 Å². The molecule has 0 aliphatic carbocycles. The lowest BCUT2D eigenvalue weighted by Crippen LogP contribution is -2.49. The van der Waals surface area contributed by atoms with Crippen molar-refractivity contribution in [3.63, 3.8) is 0 Å². The molecular formula is C11H24N2O. The zero-order valence-corrected chi connectivity index (χ0v) is 9.70. The Kier molecular flexibility index (Phi) is 4.85. The molecule has 14 heavy (non-hydrogen) atoms. The summed E-state index contributed by atoms with van der Waals surface area (Å²) in [5.74, 6) is 0. The van der Waals surface area contributed by atoms with Gasteiger partial charge in [-0.05, 0) is 20.3 Å². The molecule has 1 saturated heterocycles. The van der Waals surface area contributed by atoms with E-state index in [0.717, 1.165) is 26.1 Å². The maximum Gasteiger partial charge on any atom is 0.0678 e. The molecule has 1 unspecified atom stereocenters. The van der Waals surface area contributed by atoms with E-state index in [1.54, 1.807) is 0 Å². The van der Waals surface area contributed by atoms with Gasteiger partial charge in [-0.3, -0.25) is 4.90 Å². The molecular weight excluding hydrogens is 176 g/mol. The maximum absolute atomic E-state index is 6.02. The number of ether oxygens (including phenoxy) is 1. The van der Waals surface area contributed by atoms with Crippen LogP contribution in [0, 0.1) is 0 Å². The van der Waals surface area contributed by atoms with E-state index < -0.39 is 0 Å². The van der Waals surface area contributed by atoms with Crippen LogP contribution < -0.4 is 5.73 Å². The van der Waals surface area contributed by atoms with Gasteiger partial charge in [0.15, 0.2) is 0 Å². The second-order valence-corrected chi connectivity index (χ2v) is 4.52. The van der Waals surface area contributed by atoms with E-state index in [9.17, 15) is 0 Å². The van der Waals surface area contributed by atoms with E-state index in [1.165, 1.54) is 6.42 Å². The highest BCUT2D eigenvalue weighted by Crippen LogP contribution is 2.11. The molecule has 3 atom stereocenters. The minimum atomic E-state index is 0.331. The van der Waals surface area contributed by atoms with Crippen molar-refractivity contribution in [2.45, 2.75) is 51.9 Å². The number of rotatable bonds is 4. The Labute approximate surface area is 87.6 Å². The topological polar surface area (TPSA) is 38.5 Å². The molecule has 3 heteroatoms. The Morgan fingerprint density at radius 1 is 1.36 bits per heavy atom. The van der Waals surface area contributed by atoms with Gasteiger partial charge in [0, 0.05) is 25.7 Å². The summed E-state index contributed by atoms with van der Waals surface area (Å²) in [6.07, 6.45) is 3.01. The van der Waals surface area contributed by atoms with Gasteiger partial charge in [-0.15, -0.1) is 0 Å². The Hall–Kier alpha value is -0.120. The van der Waals surface area contributed by atoms with Crippen molar-refractivity contribution in [3.05, 3.63) is 0 Å². The molecule has 1 aliphatic heterocycles. The van der Waals surface area contributed by atoms with Crippen molar-refractivity contribution in [1.29, 1.82) is 0 Å². The third-order valence-electron chi connectivity index (χ3n) is 2.65. The van der Waals surface area contributed by atoms with Crippen LogP contribution in [0.5, 0.6) is 0 Å². The Bertz CT molecular complexity index is 153. The molecule has 1 heterocycles.